The van der Waals surface area contributed by atoms with Crippen LogP contribution in [0.2, 0.25) is 0 Å². The van der Waals surface area contributed by atoms with Gasteiger partial charge in [-0.1, -0.05) is 12.1 Å². The van der Waals surface area contributed by atoms with Crippen molar-refractivity contribution in [2.75, 3.05) is 13.1 Å². The molecule has 1 N–H and O–H groups in total. The molecule has 1 saturated heterocycles. The van der Waals surface area contributed by atoms with Gasteiger partial charge in [-0.25, -0.2) is 14.2 Å². The number of rotatable bonds is 4. The molecule has 6 heteroatoms. The van der Waals surface area contributed by atoms with Crippen molar-refractivity contribution in [2.24, 2.45) is 0 Å². The number of piperidine rings is 1. The number of aryl methyl sites for hydroxylation is 2. The highest BCUT2D eigenvalue weighted by Gasteiger charge is 2.43. The van der Waals surface area contributed by atoms with E-state index in [1.54, 1.807) is 36.9 Å². The van der Waals surface area contributed by atoms with E-state index >= 15 is 0 Å². The first-order chi connectivity index (χ1) is 11.8. The first-order valence-corrected chi connectivity index (χ1v) is 8.56. The molecule has 5 nitrogen and oxygen atoms in total. The van der Waals surface area contributed by atoms with Crippen molar-refractivity contribution in [1.29, 1.82) is 0 Å². The minimum absolute atomic E-state index is 0.150. The van der Waals surface area contributed by atoms with Crippen molar-refractivity contribution >= 4 is 5.97 Å². The van der Waals surface area contributed by atoms with E-state index in [0.29, 0.717) is 49.4 Å². The van der Waals surface area contributed by atoms with E-state index in [1.807, 2.05) is 13.0 Å². The second kappa shape index (κ2) is 6.59. The van der Waals surface area contributed by atoms with Crippen LogP contribution in [0.1, 0.15) is 35.4 Å². The maximum atomic E-state index is 14.1. The zero-order chi connectivity index (χ0) is 18.2. The molecule has 1 aliphatic rings. The van der Waals surface area contributed by atoms with Crippen LogP contribution >= 0.6 is 0 Å². The molecule has 0 radical (unpaired) electrons. The highest BCUT2D eigenvalue weighted by Crippen LogP contribution is 2.32. The highest BCUT2D eigenvalue weighted by molar-refractivity contribution is 5.77. The van der Waals surface area contributed by atoms with E-state index in [0.717, 1.165) is 5.56 Å². The Morgan fingerprint density at radius 2 is 1.96 bits per heavy atom. The average Bonchev–Trinajstić information content (AvgIpc) is 3.02. The lowest BCUT2D eigenvalue weighted by Gasteiger charge is -2.40. The molecule has 134 valence electrons. The number of nitrogens with zero attached hydrogens (tertiary/aromatic N) is 3. The maximum absolute atomic E-state index is 14.1. The monoisotopic (exact) mass is 345 g/mol. The van der Waals surface area contributed by atoms with Gasteiger partial charge in [0.05, 0.1) is 0 Å². The number of imidazole rings is 1. The SMILES string of the molecule is Cc1ccc(CN2CCC(C(=O)O)(n3ccnc3C)CC2)c(C)c1F. The van der Waals surface area contributed by atoms with Crippen LogP contribution < -0.4 is 0 Å². The molecule has 25 heavy (non-hydrogen) atoms. The maximum Gasteiger partial charge on any atom is 0.330 e. The van der Waals surface area contributed by atoms with Crippen LogP contribution in [0.25, 0.3) is 0 Å². The summed E-state index contributed by atoms with van der Waals surface area (Å²) in [6.07, 6.45) is 4.41. The lowest BCUT2D eigenvalue weighted by atomic mass is 9.86. The van der Waals surface area contributed by atoms with Gasteiger partial charge in [0, 0.05) is 32.0 Å². The van der Waals surface area contributed by atoms with E-state index in [2.05, 4.69) is 9.88 Å². The number of carboxylic acid groups (broad SMARTS) is 1. The quantitative estimate of drug-likeness (QED) is 0.925. The number of carboxylic acids is 1. The van der Waals surface area contributed by atoms with Gasteiger partial charge in [0.2, 0.25) is 0 Å². The lowest BCUT2D eigenvalue weighted by Crippen LogP contribution is -2.51. The molecule has 0 bridgehead atoms. The molecule has 2 heterocycles. The molecule has 1 fully saturated rings. The highest BCUT2D eigenvalue weighted by atomic mass is 19.1. The van der Waals surface area contributed by atoms with Crippen LogP contribution in [-0.4, -0.2) is 38.6 Å². The molecular formula is C19H24FN3O2. The van der Waals surface area contributed by atoms with Crippen LogP contribution in [-0.2, 0) is 16.9 Å². The third kappa shape index (κ3) is 3.06. The van der Waals surface area contributed by atoms with Gasteiger partial charge in [0.15, 0.2) is 0 Å². The van der Waals surface area contributed by atoms with Gasteiger partial charge in [-0.15, -0.1) is 0 Å². The van der Waals surface area contributed by atoms with Crippen LogP contribution in [0.15, 0.2) is 24.5 Å². The van der Waals surface area contributed by atoms with E-state index in [4.69, 9.17) is 0 Å². The molecule has 3 rings (SSSR count). The Kier molecular flexibility index (Phi) is 4.64. The van der Waals surface area contributed by atoms with Crippen LogP contribution in [0, 0.1) is 26.6 Å². The van der Waals surface area contributed by atoms with Crippen molar-refractivity contribution in [2.45, 2.75) is 45.7 Å². The van der Waals surface area contributed by atoms with Crippen molar-refractivity contribution in [1.82, 2.24) is 14.5 Å². The summed E-state index contributed by atoms with van der Waals surface area (Å²) in [5.74, 6) is -0.249. The molecule has 1 aromatic carbocycles. The van der Waals surface area contributed by atoms with Gasteiger partial charge in [0.1, 0.15) is 17.2 Å². The molecule has 2 aromatic rings. The summed E-state index contributed by atoms with van der Waals surface area (Å²) in [6, 6.07) is 3.77. The van der Waals surface area contributed by atoms with Gasteiger partial charge >= 0.3 is 5.97 Å². The second-order valence-electron chi connectivity index (χ2n) is 6.94. The van der Waals surface area contributed by atoms with Crippen molar-refractivity contribution in [3.05, 3.63) is 52.9 Å². The van der Waals surface area contributed by atoms with Crippen molar-refractivity contribution in [3.63, 3.8) is 0 Å². The van der Waals surface area contributed by atoms with E-state index in [9.17, 15) is 14.3 Å². The van der Waals surface area contributed by atoms with Gasteiger partial charge in [0.25, 0.3) is 0 Å². The number of aliphatic carboxylic acids is 1. The fourth-order valence-electron chi connectivity index (χ4n) is 3.74. The first kappa shape index (κ1) is 17.6. The summed E-state index contributed by atoms with van der Waals surface area (Å²) in [5.41, 5.74) is 1.36. The predicted molar refractivity (Wildman–Crippen MR) is 93.0 cm³/mol. The standard InChI is InChI=1S/C19H24FN3O2/c1-13-4-5-16(14(2)17(13)20)12-22-9-6-19(7-10-22,18(24)25)23-11-8-21-15(23)3/h4-5,8,11H,6-7,9-10,12H2,1-3H3,(H,24,25). The van der Waals surface area contributed by atoms with Gasteiger partial charge < -0.3 is 9.67 Å². The zero-order valence-corrected chi connectivity index (χ0v) is 14.9. The molecule has 0 atom stereocenters. The second-order valence-corrected chi connectivity index (χ2v) is 6.94. The largest absolute Gasteiger partial charge is 0.479 e. The van der Waals surface area contributed by atoms with Crippen LogP contribution in [0.4, 0.5) is 4.39 Å². The Morgan fingerprint density at radius 1 is 1.28 bits per heavy atom. The third-order valence-corrected chi connectivity index (χ3v) is 5.45. The van der Waals surface area contributed by atoms with Gasteiger partial charge in [-0.2, -0.15) is 0 Å². The fraction of sp³-hybridized carbons (Fsp3) is 0.474. The Labute approximate surface area is 147 Å². The van der Waals surface area contributed by atoms with E-state index in [-0.39, 0.29) is 5.82 Å². The van der Waals surface area contributed by atoms with Crippen LogP contribution in [0.3, 0.4) is 0 Å². The molecule has 0 aliphatic carbocycles. The molecule has 0 saturated carbocycles. The summed E-state index contributed by atoms with van der Waals surface area (Å²) in [5, 5.41) is 9.86. The van der Waals surface area contributed by atoms with Gasteiger partial charge in [-0.3, -0.25) is 4.90 Å². The number of aromatic nitrogens is 2. The molecule has 1 aliphatic heterocycles. The Bertz CT molecular complexity index is 792. The minimum atomic E-state index is -0.940. The number of carbonyl (C=O) groups is 1. The minimum Gasteiger partial charge on any atom is -0.479 e. The Balaban J connectivity index is 1.76. The zero-order valence-electron chi connectivity index (χ0n) is 14.9. The summed E-state index contributed by atoms with van der Waals surface area (Å²) in [4.78, 5) is 18.4. The number of benzene rings is 1. The average molecular weight is 345 g/mol. The topological polar surface area (TPSA) is 58.4 Å². The molecular weight excluding hydrogens is 321 g/mol. The summed E-state index contributed by atoms with van der Waals surface area (Å²) in [7, 11) is 0. The van der Waals surface area contributed by atoms with Crippen molar-refractivity contribution < 1.29 is 14.3 Å². The summed E-state index contributed by atoms with van der Waals surface area (Å²) < 4.78 is 15.9. The predicted octanol–water partition coefficient (Wildman–Crippen LogP) is 3.02. The number of hydrogen-bond donors (Lipinski definition) is 1. The molecule has 1 aromatic heterocycles. The Morgan fingerprint density at radius 3 is 2.52 bits per heavy atom. The molecule has 0 unspecified atom stereocenters. The summed E-state index contributed by atoms with van der Waals surface area (Å²) in [6.45, 7) is 7.34. The smallest absolute Gasteiger partial charge is 0.330 e. The third-order valence-electron chi connectivity index (χ3n) is 5.45. The molecule has 0 spiro atoms. The van der Waals surface area contributed by atoms with E-state index < -0.39 is 11.5 Å². The number of halogens is 1. The number of hydrogen-bond acceptors (Lipinski definition) is 3. The number of likely N-dealkylation sites (tertiary alicyclic amines) is 1. The normalized spacial score (nSPS) is 17.6. The lowest BCUT2D eigenvalue weighted by molar-refractivity contribution is -0.150. The molecule has 0 amide bonds. The first-order valence-electron chi connectivity index (χ1n) is 8.56. The Hall–Kier alpha value is -2.21. The fourth-order valence-corrected chi connectivity index (χ4v) is 3.74. The van der Waals surface area contributed by atoms with E-state index in [1.165, 1.54) is 0 Å². The van der Waals surface area contributed by atoms with Crippen LogP contribution in [0.5, 0.6) is 0 Å². The van der Waals surface area contributed by atoms with Gasteiger partial charge in [-0.05, 0) is 50.3 Å². The summed E-state index contributed by atoms with van der Waals surface area (Å²) >= 11 is 0. The van der Waals surface area contributed by atoms with Crippen molar-refractivity contribution in [3.8, 4) is 0 Å².